The fraction of sp³-hybridized carbons (Fsp3) is 0.440. The Morgan fingerprint density at radius 2 is 2.00 bits per heavy atom. The summed E-state index contributed by atoms with van der Waals surface area (Å²) in [5.74, 6) is 2.07. The number of fused-ring (bicyclic) bond motifs is 5. The average Bonchev–Trinajstić information content (AvgIpc) is 3.04. The van der Waals surface area contributed by atoms with E-state index in [0.717, 1.165) is 24.8 Å². The van der Waals surface area contributed by atoms with Crippen LogP contribution in [0.2, 0.25) is 0 Å². The molecule has 0 bridgehead atoms. The zero-order valence-corrected chi connectivity index (χ0v) is 16.8. The summed E-state index contributed by atoms with van der Waals surface area (Å²) < 4.78 is 13.4. The normalized spacial score (nSPS) is 32.2. The van der Waals surface area contributed by atoms with Crippen LogP contribution in [0, 0.1) is 23.1 Å². The SMILES string of the molecule is C[C@]12CC[C@@H]3c4ccc(O)cc4CC[C@H]3[C@H]1CCC2=NN=Cc1cccc(F)c1. The third-order valence-electron chi connectivity index (χ3n) is 7.69. The lowest BCUT2D eigenvalue weighted by Crippen LogP contribution is -2.42. The minimum absolute atomic E-state index is 0.120. The average molecular weight is 391 g/mol. The van der Waals surface area contributed by atoms with Gasteiger partial charge in [0, 0.05) is 11.1 Å². The fourth-order valence-corrected chi connectivity index (χ4v) is 6.27. The largest absolute Gasteiger partial charge is 0.508 e. The molecule has 3 aliphatic carbocycles. The lowest BCUT2D eigenvalue weighted by atomic mass is 9.55. The third-order valence-corrected chi connectivity index (χ3v) is 7.69. The van der Waals surface area contributed by atoms with E-state index in [9.17, 15) is 9.50 Å². The van der Waals surface area contributed by atoms with Crippen LogP contribution in [0.25, 0.3) is 0 Å². The van der Waals surface area contributed by atoms with E-state index in [2.05, 4.69) is 23.2 Å². The maximum absolute atomic E-state index is 13.4. The number of hydrogen-bond donors (Lipinski definition) is 1. The van der Waals surface area contributed by atoms with Crippen molar-refractivity contribution in [3.63, 3.8) is 0 Å². The summed E-state index contributed by atoms with van der Waals surface area (Å²) >= 11 is 0. The first-order chi connectivity index (χ1) is 14.0. The molecular formula is C25H27FN2O. The summed E-state index contributed by atoms with van der Waals surface area (Å²) in [6, 6.07) is 12.4. The Kier molecular flexibility index (Phi) is 4.53. The van der Waals surface area contributed by atoms with Crippen molar-refractivity contribution in [2.75, 3.05) is 0 Å². The Hall–Kier alpha value is -2.49. The highest BCUT2D eigenvalue weighted by Gasteiger charge is 2.53. The zero-order valence-electron chi connectivity index (χ0n) is 16.8. The molecule has 0 amide bonds. The molecule has 0 spiro atoms. The van der Waals surface area contributed by atoms with Crippen molar-refractivity contribution in [3.05, 3.63) is 65.0 Å². The molecule has 5 rings (SSSR count). The smallest absolute Gasteiger partial charge is 0.123 e. The van der Waals surface area contributed by atoms with Crippen LogP contribution in [0.3, 0.4) is 0 Å². The molecule has 0 radical (unpaired) electrons. The van der Waals surface area contributed by atoms with E-state index in [1.807, 2.05) is 18.2 Å². The number of hydrogen-bond acceptors (Lipinski definition) is 3. The highest BCUT2D eigenvalue weighted by atomic mass is 19.1. The maximum Gasteiger partial charge on any atom is 0.123 e. The second-order valence-electron chi connectivity index (χ2n) is 9.14. The molecule has 29 heavy (non-hydrogen) atoms. The Bertz CT molecular complexity index is 998. The van der Waals surface area contributed by atoms with Crippen molar-refractivity contribution < 1.29 is 9.50 Å². The van der Waals surface area contributed by atoms with Crippen molar-refractivity contribution in [2.24, 2.45) is 27.5 Å². The van der Waals surface area contributed by atoms with E-state index in [-0.39, 0.29) is 11.2 Å². The molecule has 150 valence electrons. The van der Waals surface area contributed by atoms with Gasteiger partial charge in [0.15, 0.2) is 0 Å². The minimum Gasteiger partial charge on any atom is -0.508 e. The Labute approximate surface area is 171 Å². The monoisotopic (exact) mass is 390 g/mol. The predicted molar refractivity (Wildman–Crippen MR) is 114 cm³/mol. The van der Waals surface area contributed by atoms with Gasteiger partial charge in [0.05, 0.1) is 6.21 Å². The number of aromatic hydroxyl groups is 1. The van der Waals surface area contributed by atoms with E-state index >= 15 is 0 Å². The van der Waals surface area contributed by atoms with Gasteiger partial charge in [-0.05, 0) is 97.2 Å². The molecular weight excluding hydrogens is 363 g/mol. The second kappa shape index (κ2) is 7.08. The Balaban J connectivity index is 1.38. The van der Waals surface area contributed by atoms with Gasteiger partial charge in [-0.25, -0.2) is 4.39 Å². The summed E-state index contributed by atoms with van der Waals surface area (Å²) in [6.45, 7) is 2.38. The van der Waals surface area contributed by atoms with Gasteiger partial charge in [0.25, 0.3) is 0 Å². The van der Waals surface area contributed by atoms with Gasteiger partial charge in [-0.1, -0.05) is 25.1 Å². The number of benzene rings is 2. The number of nitrogens with zero attached hydrogens (tertiary/aromatic N) is 2. The molecule has 1 N–H and O–H groups in total. The minimum atomic E-state index is -0.251. The van der Waals surface area contributed by atoms with Crippen molar-refractivity contribution in [3.8, 4) is 5.75 Å². The van der Waals surface area contributed by atoms with Crippen LogP contribution in [-0.2, 0) is 6.42 Å². The van der Waals surface area contributed by atoms with Crippen LogP contribution in [-0.4, -0.2) is 17.0 Å². The Morgan fingerprint density at radius 1 is 1.10 bits per heavy atom. The van der Waals surface area contributed by atoms with Gasteiger partial charge in [-0.3, -0.25) is 0 Å². The fourth-order valence-electron chi connectivity index (χ4n) is 6.27. The highest BCUT2D eigenvalue weighted by Crippen LogP contribution is 2.60. The number of phenols is 1. The number of phenolic OH excluding ortho intramolecular Hbond substituents is 1. The van der Waals surface area contributed by atoms with Gasteiger partial charge in [0.1, 0.15) is 11.6 Å². The molecule has 0 aliphatic heterocycles. The summed E-state index contributed by atoms with van der Waals surface area (Å²) in [4.78, 5) is 0. The van der Waals surface area contributed by atoms with Crippen LogP contribution in [0.1, 0.15) is 61.6 Å². The van der Waals surface area contributed by atoms with Crippen LogP contribution < -0.4 is 0 Å². The van der Waals surface area contributed by atoms with Gasteiger partial charge in [-0.2, -0.15) is 10.2 Å². The lowest BCUT2D eigenvalue weighted by molar-refractivity contribution is 0.0955. The molecule has 3 aliphatic rings. The van der Waals surface area contributed by atoms with E-state index in [1.165, 1.54) is 48.2 Å². The standard InChI is InChI=1S/C25H27FN2O/c1-25-12-11-21-20-8-6-19(29)14-17(20)5-7-22(21)23(25)9-10-24(25)28-27-15-16-3-2-4-18(26)13-16/h2-4,6,8,13-15,21-23,29H,5,7,9-12H2,1H3/t21-,22-,23-,25+/m1/s1. The van der Waals surface area contributed by atoms with E-state index in [1.54, 1.807) is 12.3 Å². The molecule has 2 saturated carbocycles. The quantitative estimate of drug-likeness (QED) is 0.506. The van der Waals surface area contributed by atoms with Crippen LogP contribution >= 0.6 is 0 Å². The van der Waals surface area contributed by atoms with E-state index in [0.29, 0.717) is 23.5 Å². The molecule has 2 aromatic rings. The summed E-state index contributed by atoms with van der Waals surface area (Å²) in [6.07, 6.45) is 8.40. The summed E-state index contributed by atoms with van der Waals surface area (Å²) in [5, 5.41) is 18.8. The molecule has 2 aromatic carbocycles. The second-order valence-corrected chi connectivity index (χ2v) is 9.14. The maximum atomic E-state index is 13.4. The van der Waals surface area contributed by atoms with E-state index < -0.39 is 0 Å². The molecule has 0 unspecified atom stereocenters. The predicted octanol–water partition coefficient (Wildman–Crippen LogP) is 5.86. The molecule has 4 atom stereocenters. The van der Waals surface area contributed by atoms with Crippen molar-refractivity contribution in [1.29, 1.82) is 0 Å². The molecule has 4 heteroatoms. The first kappa shape index (κ1) is 18.5. The topological polar surface area (TPSA) is 45.0 Å². The van der Waals surface area contributed by atoms with Crippen molar-refractivity contribution >= 4 is 11.9 Å². The zero-order chi connectivity index (χ0) is 20.0. The number of rotatable bonds is 2. The van der Waals surface area contributed by atoms with Gasteiger partial charge < -0.3 is 5.11 Å². The molecule has 0 heterocycles. The van der Waals surface area contributed by atoms with E-state index in [4.69, 9.17) is 0 Å². The number of halogens is 1. The molecule has 3 nitrogen and oxygen atoms in total. The summed E-state index contributed by atoms with van der Waals surface area (Å²) in [5.41, 5.74) is 4.86. The molecule has 2 fully saturated rings. The Morgan fingerprint density at radius 3 is 2.86 bits per heavy atom. The van der Waals surface area contributed by atoms with Crippen molar-refractivity contribution in [1.82, 2.24) is 0 Å². The molecule has 0 aromatic heterocycles. The number of aryl methyl sites for hydroxylation is 1. The van der Waals surface area contributed by atoms with Gasteiger partial charge in [-0.15, -0.1) is 0 Å². The van der Waals surface area contributed by atoms with Crippen molar-refractivity contribution in [2.45, 2.75) is 51.4 Å². The van der Waals surface area contributed by atoms with Gasteiger partial charge >= 0.3 is 0 Å². The van der Waals surface area contributed by atoms with Crippen LogP contribution in [0.4, 0.5) is 4.39 Å². The first-order valence-electron chi connectivity index (χ1n) is 10.7. The summed E-state index contributed by atoms with van der Waals surface area (Å²) in [7, 11) is 0. The van der Waals surface area contributed by atoms with Crippen LogP contribution in [0.5, 0.6) is 5.75 Å². The van der Waals surface area contributed by atoms with Crippen LogP contribution in [0.15, 0.2) is 52.7 Å². The molecule has 0 saturated heterocycles. The van der Waals surface area contributed by atoms with Gasteiger partial charge in [0.2, 0.25) is 0 Å². The highest BCUT2D eigenvalue weighted by molar-refractivity contribution is 5.93. The third kappa shape index (κ3) is 3.19. The lowest BCUT2D eigenvalue weighted by Gasteiger charge is -2.49. The first-order valence-corrected chi connectivity index (χ1v) is 10.7.